The van der Waals surface area contributed by atoms with E-state index in [4.69, 9.17) is 10.3 Å². The van der Waals surface area contributed by atoms with Crippen molar-refractivity contribution in [3.63, 3.8) is 0 Å². The van der Waals surface area contributed by atoms with Gasteiger partial charge in [-0.3, -0.25) is 0 Å². The third-order valence-electron chi connectivity index (χ3n) is 3.96. The van der Waals surface area contributed by atoms with E-state index >= 15 is 0 Å². The van der Waals surface area contributed by atoms with Gasteiger partial charge >= 0.3 is 0 Å². The highest BCUT2D eigenvalue weighted by Crippen LogP contribution is 2.38. The Hall–Kier alpha value is -0.900. The maximum atomic E-state index is 5.54. The molecule has 1 fully saturated rings. The first-order valence-electron chi connectivity index (χ1n) is 6.78. The predicted molar refractivity (Wildman–Crippen MR) is 66.8 cm³/mol. The standard InChI is InChI=1S/C13H23N3O/c1-3-10-4-5-11(8-10)12-15-13(17-16-12)9(2)6-7-14/h9-11H,3-8,14H2,1-2H3. The summed E-state index contributed by atoms with van der Waals surface area (Å²) in [6.45, 7) is 5.02. The summed E-state index contributed by atoms with van der Waals surface area (Å²) in [5.74, 6) is 3.32. The molecule has 1 aromatic heterocycles. The van der Waals surface area contributed by atoms with E-state index in [1.807, 2.05) is 0 Å². The van der Waals surface area contributed by atoms with Crippen LogP contribution in [0, 0.1) is 5.92 Å². The van der Waals surface area contributed by atoms with Crippen LogP contribution in [0.4, 0.5) is 0 Å². The highest BCUT2D eigenvalue weighted by molar-refractivity contribution is 5.01. The van der Waals surface area contributed by atoms with E-state index in [2.05, 4.69) is 24.0 Å². The summed E-state index contributed by atoms with van der Waals surface area (Å²) in [6.07, 6.45) is 5.92. The van der Waals surface area contributed by atoms with Crippen molar-refractivity contribution in [1.29, 1.82) is 0 Å². The van der Waals surface area contributed by atoms with E-state index in [0.29, 0.717) is 12.5 Å². The van der Waals surface area contributed by atoms with Crippen LogP contribution in [0.25, 0.3) is 0 Å². The molecule has 1 heterocycles. The molecule has 96 valence electrons. The van der Waals surface area contributed by atoms with Crippen LogP contribution in [-0.4, -0.2) is 16.7 Å². The number of rotatable bonds is 5. The summed E-state index contributed by atoms with van der Waals surface area (Å²) >= 11 is 0. The summed E-state index contributed by atoms with van der Waals surface area (Å²) in [5.41, 5.74) is 5.54. The van der Waals surface area contributed by atoms with E-state index in [-0.39, 0.29) is 5.92 Å². The van der Waals surface area contributed by atoms with Gasteiger partial charge in [-0.15, -0.1) is 0 Å². The monoisotopic (exact) mass is 237 g/mol. The van der Waals surface area contributed by atoms with Crippen molar-refractivity contribution in [1.82, 2.24) is 10.1 Å². The number of nitrogens with two attached hydrogens (primary N) is 1. The lowest BCUT2D eigenvalue weighted by Gasteiger charge is -2.05. The zero-order chi connectivity index (χ0) is 12.3. The smallest absolute Gasteiger partial charge is 0.229 e. The van der Waals surface area contributed by atoms with Crippen molar-refractivity contribution < 1.29 is 4.52 Å². The van der Waals surface area contributed by atoms with Crippen molar-refractivity contribution in [2.75, 3.05) is 6.54 Å². The van der Waals surface area contributed by atoms with Gasteiger partial charge in [0.05, 0.1) is 0 Å². The molecule has 3 atom stereocenters. The van der Waals surface area contributed by atoms with E-state index in [1.54, 1.807) is 0 Å². The molecule has 2 rings (SSSR count). The highest BCUT2D eigenvalue weighted by Gasteiger charge is 2.28. The normalized spacial score (nSPS) is 26.3. The molecule has 1 aliphatic carbocycles. The zero-order valence-electron chi connectivity index (χ0n) is 10.9. The first-order chi connectivity index (χ1) is 8.24. The molecule has 0 radical (unpaired) electrons. The fraction of sp³-hybridized carbons (Fsp3) is 0.846. The Bertz CT molecular complexity index is 350. The van der Waals surface area contributed by atoms with E-state index in [1.165, 1.54) is 25.7 Å². The minimum Gasteiger partial charge on any atom is -0.339 e. The van der Waals surface area contributed by atoms with Crippen molar-refractivity contribution >= 4 is 0 Å². The van der Waals surface area contributed by atoms with Crippen LogP contribution in [-0.2, 0) is 0 Å². The van der Waals surface area contributed by atoms with Crippen LogP contribution >= 0.6 is 0 Å². The second-order valence-electron chi connectivity index (χ2n) is 5.25. The van der Waals surface area contributed by atoms with Gasteiger partial charge in [-0.1, -0.05) is 25.4 Å². The summed E-state index contributed by atoms with van der Waals surface area (Å²) in [6, 6.07) is 0. The fourth-order valence-electron chi connectivity index (χ4n) is 2.67. The summed E-state index contributed by atoms with van der Waals surface area (Å²) < 4.78 is 5.34. The molecule has 0 amide bonds. The number of hydrogen-bond donors (Lipinski definition) is 1. The highest BCUT2D eigenvalue weighted by atomic mass is 16.5. The molecule has 0 bridgehead atoms. The maximum Gasteiger partial charge on any atom is 0.229 e. The topological polar surface area (TPSA) is 64.9 Å². The van der Waals surface area contributed by atoms with Crippen LogP contribution in [0.2, 0.25) is 0 Å². The molecule has 0 aromatic carbocycles. The zero-order valence-corrected chi connectivity index (χ0v) is 10.9. The molecule has 1 aliphatic rings. The van der Waals surface area contributed by atoms with Gasteiger partial charge in [0.2, 0.25) is 5.89 Å². The third-order valence-corrected chi connectivity index (χ3v) is 3.96. The molecule has 1 saturated carbocycles. The number of hydrogen-bond acceptors (Lipinski definition) is 4. The van der Waals surface area contributed by atoms with Gasteiger partial charge in [-0.05, 0) is 38.1 Å². The van der Waals surface area contributed by atoms with Gasteiger partial charge in [-0.2, -0.15) is 4.98 Å². The molecule has 0 spiro atoms. The SMILES string of the molecule is CCC1CCC(c2noc(C(C)CCN)n2)C1. The third kappa shape index (κ3) is 2.86. The van der Waals surface area contributed by atoms with Crippen molar-refractivity contribution in [2.45, 2.75) is 57.8 Å². The number of aromatic nitrogens is 2. The van der Waals surface area contributed by atoms with E-state index in [0.717, 1.165) is 24.1 Å². The molecular weight excluding hydrogens is 214 g/mol. The van der Waals surface area contributed by atoms with Crippen molar-refractivity contribution in [3.8, 4) is 0 Å². The summed E-state index contributed by atoms with van der Waals surface area (Å²) in [4.78, 5) is 4.55. The molecule has 0 saturated heterocycles. The summed E-state index contributed by atoms with van der Waals surface area (Å²) in [7, 11) is 0. The Labute approximate surface area is 103 Å². The second kappa shape index (κ2) is 5.63. The molecule has 4 nitrogen and oxygen atoms in total. The Morgan fingerprint density at radius 3 is 2.94 bits per heavy atom. The van der Waals surface area contributed by atoms with Crippen LogP contribution < -0.4 is 5.73 Å². The van der Waals surface area contributed by atoms with Gasteiger partial charge in [0.25, 0.3) is 0 Å². The largest absolute Gasteiger partial charge is 0.339 e. The molecule has 3 unspecified atom stereocenters. The molecular formula is C13H23N3O. The lowest BCUT2D eigenvalue weighted by Crippen LogP contribution is -2.05. The lowest BCUT2D eigenvalue weighted by atomic mass is 10.0. The fourth-order valence-corrected chi connectivity index (χ4v) is 2.67. The average Bonchev–Trinajstić information content (AvgIpc) is 2.98. The van der Waals surface area contributed by atoms with Gasteiger partial charge in [0.1, 0.15) is 0 Å². The Balaban J connectivity index is 1.98. The van der Waals surface area contributed by atoms with Crippen LogP contribution in [0.3, 0.4) is 0 Å². The molecule has 1 aromatic rings. The molecule has 0 aliphatic heterocycles. The first-order valence-corrected chi connectivity index (χ1v) is 6.78. The lowest BCUT2D eigenvalue weighted by molar-refractivity contribution is 0.348. The van der Waals surface area contributed by atoms with Gasteiger partial charge in [0, 0.05) is 11.8 Å². The summed E-state index contributed by atoms with van der Waals surface area (Å²) in [5, 5.41) is 4.14. The molecule has 17 heavy (non-hydrogen) atoms. The Kier molecular flexibility index (Phi) is 4.15. The first kappa shape index (κ1) is 12.6. The Morgan fingerprint density at radius 2 is 2.29 bits per heavy atom. The average molecular weight is 237 g/mol. The molecule has 2 N–H and O–H groups in total. The van der Waals surface area contributed by atoms with Gasteiger partial charge < -0.3 is 10.3 Å². The van der Waals surface area contributed by atoms with Gasteiger partial charge in [0.15, 0.2) is 5.82 Å². The van der Waals surface area contributed by atoms with E-state index in [9.17, 15) is 0 Å². The van der Waals surface area contributed by atoms with E-state index < -0.39 is 0 Å². The molecule has 4 heteroatoms. The van der Waals surface area contributed by atoms with Crippen LogP contribution in [0.5, 0.6) is 0 Å². The van der Waals surface area contributed by atoms with Crippen LogP contribution in [0.15, 0.2) is 4.52 Å². The van der Waals surface area contributed by atoms with Crippen molar-refractivity contribution in [3.05, 3.63) is 11.7 Å². The minimum absolute atomic E-state index is 0.282. The number of nitrogens with zero attached hydrogens (tertiary/aromatic N) is 2. The Morgan fingerprint density at radius 1 is 1.47 bits per heavy atom. The quantitative estimate of drug-likeness (QED) is 0.855. The van der Waals surface area contributed by atoms with Crippen LogP contribution in [0.1, 0.15) is 69.5 Å². The van der Waals surface area contributed by atoms with Crippen molar-refractivity contribution in [2.24, 2.45) is 11.7 Å². The predicted octanol–water partition coefficient (Wildman–Crippen LogP) is 2.82. The van der Waals surface area contributed by atoms with Gasteiger partial charge in [-0.25, -0.2) is 0 Å². The second-order valence-corrected chi connectivity index (χ2v) is 5.25. The minimum atomic E-state index is 0.282. The maximum absolute atomic E-state index is 5.54.